The minimum absolute atomic E-state index is 0.0721. The van der Waals surface area contributed by atoms with Crippen LogP contribution in [0.25, 0.3) is 0 Å². The van der Waals surface area contributed by atoms with E-state index < -0.39 is 0 Å². The van der Waals surface area contributed by atoms with E-state index in [-0.39, 0.29) is 5.91 Å². The fourth-order valence-corrected chi connectivity index (χ4v) is 1.25. The smallest absolute Gasteiger partial charge is 0.236 e. The Kier molecular flexibility index (Phi) is 4.79. The molecule has 0 atom stereocenters. The summed E-state index contributed by atoms with van der Waals surface area (Å²) in [7, 11) is 5.13. The van der Waals surface area contributed by atoms with Crippen LogP contribution in [0.15, 0.2) is 24.3 Å². The van der Waals surface area contributed by atoms with Crippen molar-refractivity contribution in [3.05, 3.63) is 29.8 Å². The van der Waals surface area contributed by atoms with Crippen LogP contribution in [-0.2, 0) is 11.3 Å². The van der Waals surface area contributed by atoms with E-state index in [1.165, 1.54) is 0 Å². The standard InChI is InChI=1S/C12H18N2O2/c1-14(2)12(15)9-13-8-10-5-4-6-11(7-10)16-3/h4-7,13H,8-9H2,1-3H3. The van der Waals surface area contributed by atoms with Crippen molar-refractivity contribution < 1.29 is 9.53 Å². The van der Waals surface area contributed by atoms with Gasteiger partial charge in [0.15, 0.2) is 0 Å². The Labute approximate surface area is 96.2 Å². The largest absolute Gasteiger partial charge is 0.497 e. The lowest BCUT2D eigenvalue weighted by Crippen LogP contribution is -2.32. The molecular weight excluding hydrogens is 204 g/mol. The molecule has 0 bridgehead atoms. The van der Waals surface area contributed by atoms with Gasteiger partial charge in [0.2, 0.25) is 5.91 Å². The third-order valence-corrected chi connectivity index (χ3v) is 2.24. The quantitative estimate of drug-likeness (QED) is 0.804. The monoisotopic (exact) mass is 222 g/mol. The van der Waals surface area contributed by atoms with Crippen molar-refractivity contribution in [2.24, 2.45) is 0 Å². The summed E-state index contributed by atoms with van der Waals surface area (Å²) in [6, 6.07) is 7.78. The van der Waals surface area contributed by atoms with Gasteiger partial charge in [-0.25, -0.2) is 0 Å². The molecule has 0 radical (unpaired) electrons. The van der Waals surface area contributed by atoms with Gasteiger partial charge in [-0.2, -0.15) is 0 Å². The molecule has 0 aliphatic carbocycles. The Balaban J connectivity index is 2.40. The van der Waals surface area contributed by atoms with Crippen molar-refractivity contribution >= 4 is 5.91 Å². The van der Waals surface area contributed by atoms with Crippen LogP contribution in [0.5, 0.6) is 5.75 Å². The maximum atomic E-state index is 11.3. The molecule has 0 fully saturated rings. The number of nitrogens with zero attached hydrogens (tertiary/aromatic N) is 1. The number of likely N-dealkylation sites (N-methyl/N-ethyl adjacent to an activating group) is 1. The highest BCUT2D eigenvalue weighted by molar-refractivity contribution is 5.77. The maximum absolute atomic E-state index is 11.3. The van der Waals surface area contributed by atoms with Crippen LogP contribution in [0.3, 0.4) is 0 Å². The van der Waals surface area contributed by atoms with Gasteiger partial charge < -0.3 is 15.0 Å². The minimum Gasteiger partial charge on any atom is -0.497 e. The number of amides is 1. The second kappa shape index (κ2) is 6.12. The van der Waals surface area contributed by atoms with Gasteiger partial charge in [-0.15, -0.1) is 0 Å². The average molecular weight is 222 g/mol. The van der Waals surface area contributed by atoms with Crippen LogP contribution in [-0.4, -0.2) is 38.6 Å². The molecule has 4 nitrogen and oxygen atoms in total. The Morgan fingerprint density at radius 3 is 2.81 bits per heavy atom. The molecule has 0 heterocycles. The normalized spacial score (nSPS) is 9.94. The van der Waals surface area contributed by atoms with Crippen LogP contribution in [0.4, 0.5) is 0 Å². The number of hydrogen-bond donors (Lipinski definition) is 1. The van der Waals surface area contributed by atoms with Crippen molar-refractivity contribution in [2.45, 2.75) is 6.54 Å². The summed E-state index contributed by atoms with van der Waals surface area (Å²) in [5, 5.41) is 3.09. The molecule has 0 saturated heterocycles. The number of carbonyl (C=O) groups is 1. The predicted octanol–water partition coefficient (Wildman–Crippen LogP) is 0.873. The summed E-state index contributed by atoms with van der Waals surface area (Å²) >= 11 is 0. The van der Waals surface area contributed by atoms with Gasteiger partial charge >= 0.3 is 0 Å². The zero-order chi connectivity index (χ0) is 12.0. The summed E-state index contributed by atoms with van der Waals surface area (Å²) in [5.74, 6) is 0.904. The molecule has 0 unspecified atom stereocenters. The number of carbonyl (C=O) groups excluding carboxylic acids is 1. The lowest BCUT2D eigenvalue weighted by molar-refractivity contribution is -0.127. The maximum Gasteiger partial charge on any atom is 0.236 e. The highest BCUT2D eigenvalue weighted by Crippen LogP contribution is 2.11. The number of rotatable bonds is 5. The summed E-state index contributed by atoms with van der Waals surface area (Å²) in [6.07, 6.45) is 0. The van der Waals surface area contributed by atoms with E-state index in [1.807, 2.05) is 24.3 Å². The van der Waals surface area contributed by atoms with E-state index in [9.17, 15) is 4.79 Å². The lowest BCUT2D eigenvalue weighted by atomic mass is 10.2. The SMILES string of the molecule is COc1cccc(CNCC(=O)N(C)C)c1. The van der Waals surface area contributed by atoms with Gasteiger partial charge in [-0.1, -0.05) is 12.1 Å². The molecule has 88 valence electrons. The van der Waals surface area contributed by atoms with Crippen molar-refractivity contribution in [1.29, 1.82) is 0 Å². The first-order valence-corrected chi connectivity index (χ1v) is 5.17. The van der Waals surface area contributed by atoms with Crippen LogP contribution in [0.1, 0.15) is 5.56 Å². The number of nitrogens with one attached hydrogen (secondary N) is 1. The molecule has 1 rings (SSSR count). The fraction of sp³-hybridized carbons (Fsp3) is 0.417. The van der Waals surface area contributed by atoms with Gasteiger partial charge in [0.1, 0.15) is 5.75 Å². The van der Waals surface area contributed by atoms with Crippen molar-refractivity contribution in [2.75, 3.05) is 27.7 Å². The highest BCUT2D eigenvalue weighted by Gasteiger charge is 2.02. The zero-order valence-electron chi connectivity index (χ0n) is 9.99. The first kappa shape index (κ1) is 12.5. The Bertz CT molecular complexity index is 351. The predicted molar refractivity (Wildman–Crippen MR) is 63.4 cm³/mol. The molecular formula is C12H18N2O2. The number of methoxy groups -OCH3 is 1. The summed E-state index contributed by atoms with van der Waals surface area (Å²) in [5.41, 5.74) is 1.10. The summed E-state index contributed by atoms with van der Waals surface area (Å²) in [4.78, 5) is 12.9. The minimum atomic E-state index is 0.0721. The van der Waals surface area contributed by atoms with Crippen LogP contribution >= 0.6 is 0 Å². The van der Waals surface area contributed by atoms with Crippen molar-refractivity contribution in [3.8, 4) is 5.75 Å². The molecule has 1 aromatic rings. The number of hydrogen-bond acceptors (Lipinski definition) is 3. The van der Waals surface area contributed by atoms with E-state index in [2.05, 4.69) is 5.32 Å². The molecule has 4 heteroatoms. The molecule has 0 saturated carbocycles. The molecule has 0 spiro atoms. The molecule has 0 aromatic heterocycles. The molecule has 1 aromatic carbocycles. The first-order valence-electron chi connectivity index (χ1n) is 5.17. The molecule has 0 aliphatic rings. The first-order chi connectivity index (χ1) is 7.63. The van der Waals surface area contributed by atoms with Crippen molar-refractivity contribution in [3.63, 3.8) is 0 Å². The Morgan fingerprint density at radius 2 is 2.19 bits per heavy atom. The second-order valence-corrected chi connectivity index (χ2v) is 3.74. The highest BCUT2D eigenvalue weighted by atomic mass is 16.5. The molecule has 1 N–H and O–H groups in total. The van der Waals surface area contributed by atoms with Gasteiger partial charge in [0.05, 0.1) is 13.7 Å². The van der Waals surface area contributed by atoms with E-state index in [0.29, 0.717) is 13.1 Å². The van der Waals surface area contributed by atoms with Gasteiger partial charge in [0.25, 0.3) is 0 Å². The average Bonchev–Trinajstić information content (AvgIpc) is 2.29. The Hall–Kier alpha value is -1.55. The number of ether oxygens (including phenoxy) is 1. The molecule has 16 heavy (non-hydrogen) atoms. The van der Waals surface area contributed by atoms with Crippen molar-refractivity contribution in [1.82, 2.24) is 10.2 Å². The van der Waals surface area contributed by atoms with E-state index >= 15 is 0 Å². The third kappa shape index (κ3) is 3.90. The van der Waals surface area contributed by atoms with Crippen LogP contribution in [0, 0.1) is 0 Å². The second-order valence-electron chi connectivity index (χ2n) is 3.74. The van der Waals surface area contributed by atoms with Gasteiger partial charge in [0, 0.05) is 20.6 Å². The van der Waals surface area contributed by atoms with E-state index in [1.54, 1.807) is 26.1 Å². The molecule has 0 aliphatic heterocycles. The summed E-state index contributed by atoms with van der Waals surface area (Å²) in [6.45, 7) is 1.01. The van der Waals surface area contributed by atoms with E-state index in [4.69, 9.17) is 4.74 Å². The van der Waals surface area contributed by atoms with Crippen LogP contribution < -0.4 is 10.1 Å². The van der Waals surface area contributed by atoms with Crippen LogP contribution in [0.2, 0.25) is 0 Å². The van der Waals surface area contributed by atoms with E-state index in [0.717, 1.165) is 11.3 Å². The fourth-order valence-electron chi connectivity index (χ4n) is 1.25. The lowest BCUT2D eigenvalue weighted by Gasteiger charge is -2.11. The summed E-state index contributed by atoms with van der Waals surface area (Å²) < 4.78 is 5.12. The van der Waals surface area contributed by atoms with Gasteiger partial charge in [-0.3, -0.25) is 4.79 Å². The topological polar surface area (TPSA) is 41.6 Å². The number of benzene rings is 1. The van der Waals surface area contributed by atoms with Gasteiger partial charge in [-0.05, 0) is 17.7 Å². The molecule has 1 amide bonds. The zero-order valence-corrected chi connectivity index (χ0v) is 9.99. The Morgan fingerprint density at radius 1 is 1.44 bits per heavy atom. The third-order valence-electron chi connectivity index (χ3n) is 2.24.